The van der Waals surface area contributed by atoms with Crippen molar-refractivity contribution in [1.29, 1.82) is 0 Å². The SMILES string of the molecule is Cc1oc(CSc2ncccn2)nc1CCO. The van der Waals surface area contributed by atoms with Gasteiger partial charge in [-0.3, -0.25) is 0 Å². The Bertz CT molecular complexity index is 473. The van der Waals surface area contributed by atoms with Crippen molar-refractivity contribution < 1.29 is 9.52 Å². The second-order valence-electron chi connectivity index (χ2n) is 3.40. The van der Waals surface area contributed by atoms with Crippen LogP contribution in [0.2, 0.25) is 0 Å². The van der Waals surface area contributed by atoms with Gasteiger partial charge in [-0.15, -0.1) is 0 Å². The molecule has 2 heterocycles. The Balaban J connectivity index is 1.97. The minimum atomic E-state index is 0.0851. The second-order valence-corrected chi connectivity index (χ2v) is 4.35. The lowest BCUT2D eigenvalue weighted by molar-refractivity contribution is 0.297. The van der Waals surface area contributed by atoms with Gasteiger partial charge < -0.3 is 9.52 Å². The lowest BCUT2D eigenvalue weighted by atomic mass is 10.3. The molecule has 1 N–H and O–H groups in total. The molecule has 0 radical (unpaired) electrons. The van der Waals surface area contributed by atoms with Gasteiger partial charge in [0.15, 0.2) is 5.16 Å². The van der Waals surface area contributed by atoms with Gasteiger partial charge in [0, 0.05) is 25.4 Å². The molecule has 0 saturated carbocycles. The fourth-order valence-corrected chi connectivity index (χ4v) is 2.02. The predicted molar refractivity (Wildman–Crippen MR) is 63.6 cm³/mol. The van der Waals surface area contributed by atoms with Crippen LogP contribution in [0.25, 0.3) is 0 Å². The molecule has 0 fully saturated rings. The number of hydrogen-bond acceptors (Lipinski definition) is 6. The van der Waals surface area contributed by atoms with E-state index in [0.717, 1.165) is 11.5 Å². The van der Waals surface area contributed by atoms with Gasteiger partial charge in [0.05, 0.1) is 11.4 Å². The first-order chi connectivity index (χ1) is 8.29. The van der Waals surface area contributed by atoms with Gasteiger partial charge >= 0.3 is 0 Å². The Kier molecular flexibility index (Phi) is 4.11. The number of oxazole rings is 1. The average Bonchev–Trinajstić information content (AvgIpc) is 2.70. The number of aromatic nitrogens is 3. The molecular formula is C11H13N3O2S. The molecule has 6 heteroatoms. The molecule has 2 rings (SSSR count). The topological polar surface area (TPSA) is 72.0 Å². The Morgan fingerprint density at radius 3 is 2.82 bits per heavy atom. The number of hydrogen-bond donors (Lipinski definition) is 1. The summed E-state index contributed by atoms with van der Waals surface area (Å²) in [6.07, 6.45) is 3.93. The summed E-state index contributed by atoms with van der Waals surface area (Å²) in [7, 11) is 0. The van der Waals surface area contributed by atoms with E-state index in [2.05, 4.69) is 15.0 Å². The number of aryl methyl sites for hydroxylation is 1. The maximum atomic E-state index is 8.85. The van der Waals surface area contributed by atoms with Crippen molar-refractivity contribution in [3.8, 4) is 0 Å². The number of nitrogens with zero attached hydrogens (tertiary/aromatic N) is 3. The van der Waals surface area contributed by atoms with E-state index in [0.29, 0.717) is 23.2 Å². The summed E-state index contributed by atoms with van der Waals surface area (Å²) in [5.74, 6) is 2.00. The third-order valence-corrected chi connectivity index (χ3v) is 3.01. The number of thioether (sulfide) groups is 1. The van der Waals surface area contributed by atoms with Gasteiger partial charge in [-0.25, -0.2) is 15.0 Å². The van der Waals surface area contributed by atoms with Crippen molar-refractivity contribution in [2.75, 3.05) is 6.61 Å². The first-order valence-corrected chi connectivity index (χ1v) is 6.24. The zero-order valence-corrected chi connectivity index (χ0v) is 10.3. The zero-order valence-electron chi connectivity index (χ0n) is 9.46. The maximum Gasteiger partial charge on any atom is 0.205 e. The molecule has 2 aromatic heterocycles. The van der Waals surface area contributed by atoms with E-state index in [1.807, 2.05) is 6.92 Å². The maximum absolute atomic E-state index is 8.85. The van der Waals surface area contributed by atoms with Crippen LogP contribution in [-0.4, -0.2) is 26.7 Å². The summed E-state index contributed by atoms with van der Waals surface area (Å²) < 4.78 is 5.49. The van der Waals surface area contributed by atoms with Crippen molar-refractivity contribution >= 4 is 11.8 Å². The van der Waals surface area contributed by atoms with Gasteiger partial charge in [0.2, 0.25) is 5.89 Å². The zero-order chi connectivity index (χ0) is 12.1. The fraction of sp³-hybridized carbons (Fsp3) is 0.364. The van der Waals surface area contributed by atoms with Crippen molar-refractivity contribution in [2.24, 2.45) is 0 Å². The molecule has 2 aromatic rings. The predicted octanol–water partition coefficient (Wildman–Crippen LogP) is 1.60. The summed E-state index contributed by atoms with van der Waals surface area (Å²) in [4.78, 5) is 12.5. The van der Waals surface area contributed by atoms with Crippen molar-refractivity contribution in [1.82, 2.24) is 15.0 Å². The van der Waals surface area contributed by atoms with Crippen molar-refractivity contribution in [3.63, 3.8) is 0 Å². The van der Waals surface area contributed by atoms with Crippen molar-refractivity contribution in [3.05, 3.63) is 35.8 Å². The van der Waals surface area contributed by atoms with E-state index < -0.39 is 0 Å². The normalized spacial score (nSPS) is 10.7. The highest BCUT2D eigenvalue weighted by Gasteiger charge is 2.09. The molecule has 17 heavy (non-hydrogen) atoms. The molecule has 0 saturated heterocycles. The Labute approximate surface area is 103 Å². The highest BCUT2D eigenvalue weighted by Crippen LogP contribution is 2.20. The average molecular weight is 251 g/mol. The van der Waals surface area contributed by atoms with Gasteiger partial charge in [-0.05, 0) is 13.0 Å². The lowest BCUT2D eigenvalue weighted by Crippen LogP contribution is -1.93. The van der Waals surface area contributed by atoms with Crippen LogP contribution < -0.4 is 0 Å². The van der Waals surface area contributed by atoms with E-state index in [1.165, 1.54) is 11.8 Å². The van der Waals surface area contributed by atoms with Gasteiger partial charge in [-0.2, -0.15) is 0 Å². The molecule has 0 atom stereocenters. The lowest BCUT2D eigenvalue weighted by Gasteiger charge is -1.94. The molecule has 0 bridgehead atoms. The van der Waals surface area contributed by atoms with Crippen LogP contribution in [0.1, 0.15) is 17.3 Å². The smallest absolute Gasteiger partial charge is 0.205 e. The van der Waals surface area contributed by atoms with Crippen LogP contribution in [0, 0.1) is 6.92 Å². The molecule has 0 unspecified atom stereocenters. The first kappa shape index (κ1) is 12.1. The van der Waals surface area contributed by atoms with E-state index in [9.17, 15) is 0 Å². The van der Waals surface area contributed by atoms with Crippen LogP contribution >= 0.6 is 11.8 Å². The summed E-state index contributed by atoms with van der Waals surface area (Å²) in [5.41, 5.74) is 0.817. The molecule has 0 amide bonds. The Hall–Kier alpha value is -1.40. The second kappa shape index (κ2) is 5.79. The van der Waals surface area contributed by atoms with Crippen LogP contribution in [0.4, 0.5) is 0 Å². The highest BCUT2D eigenvalue weighted by molar-refractivity contribution is 7.98. The van der Waals surface area contributed by atoms with E-state index in [4.69, 9.17) is 9.52 Å². The fourth-order valence-electron chi connectivity index (χ4n) is 1.37. The Morgan fingerprint density at radius 2 is 2.12 bits per heavy atom. The van der Waals surface area contributed by atoms with Crippen molar-refractivity contribution in [2.45, 2.75) is 24.3 Å². The number of aliphatic hydroxyl groups excluding tert-OH is 1. The molecule has 0 spiro atoms. The van der Waals surface area contributed by atoms with Gasteiger partial charge in [0.25, 0.3) is 0 Å². The van der Waals surface area contributed by atoms with E-state index in [1.54, 1.807) is 18.5 Å². The van der Waals surface area contributed by atoms with Gasteiger partial charge in [0.1, 0.15) is 5.76 Å². The Morgan fingerprint density at radius 1 is 1.35 bits per heavy atom. The van der Waals surface area contributed by atoms with E-state index >= 15 is 0 Å². The minimum Gasteiger partial charge on any atom is -0.445 e. The summed E-state index contributed by atoms with van der Waals surface area (Å²) >= 11 is 1.47. The van der Waals surface area contributed by atoms with Crippen LogP contribution in [0.3, 0.4) is 0 Å². The summed E-state index contributed by atoms with van der Waals surface area (Å²) in [6, 6.07) is 1.78. The first-order valence-electron chi connectivity index (χ1n) is 5.25. The third kappa shape index (κ3) is 3.28. The molecule has 0 aliphatic rings. The highest BCUT2D eigenvalue weighted by atomic mass is 32.2. The van der Waals surface area contributed by atoms with Crippen LogP contribution in [0.5, 0.6) is 0 Å². The number of aliphatic hydroxyl groups is 1. The summed E-state index contributed by atoms with van der Waals surface area (Å²) in [5, 5.41) is 9.56. The molecule has 0 aliphatic heterocycles. The van der Waals surface area contributed by atoms with Crippen LogP contribution in [0.15, 0.2) is 28.0 Å². The van der Waals surface area contributed by atoms with Crippen LogP contribution in [-0.2, 0) is 12.2 Å². The third-order valence-electron chi connectivity index (χ3n) is 2.15. The largest absolute Gasteiger partial charge is 0.445 e. The summed E-state index contributed by atoms with van der Waals surface area (Å²) in [6.45, 7) is 1.94. The van der Waals surface area contributed by atoms with E-state index in [-0.39, 0.29) is 6.61 Å². The van der Waals surface area contributed by atoms with Gasteiger partial charge in [-0.1, -0.05) is 11.8 Å². The minimum absolute atomic E-state index is 0.0851. The molecule has 5 nitrogen and oxygen atoms in total. The molecule has 0 aliphatic carbocycles. The molecule has 0 aromatic carbocycles. The monoisotopic (exact) mass is 251 g/mol. The molecule has 90 valence electrons. The standard InChI is InChI=1S/C11H13N3O2S/c1-8-9(3-6-15)14-10(16-8)7-17-11-12-4-2-5-13-11/h2,4-5,15H,3,6-7H2,1H3. The number of rotatable bonds is 5. The quantitative estimate of drug-likeness (QED) is 0.643. The molecular weight excluding hydrogens is 238 g/mol.